The summed E-state index contributed by atoms with van der Waals surface area (Å²) in [5.74, 6) is -0.262. The minimum atomic E-state index is -0.831. The molecule has 0 saturated heterocycles. The molecule has 1 saturated carbocycles. The number of carbonyl (C=O) groups is 2. The van der Waals surface area contributed by atoms with Gasteiger partial charge in [0, 0.05) is 6.07 Å². The van der Waals surface area contributed by atoms with Gasteiger partial charge in [-0.1, -0.05) is 0 Å². The summed E-state index contributed by atoms with van der Waals surface area (Å²) < 4.78 is 15.2. The number of hydrogen-bond donors (Lipinski definition) is 1. The molecule has 1 aliphatic rings. The zero-order valence-electron chi connectivity index (χ0n) is 13.8. The zero-order chi connectivity index (χ0) is 17.6. The third-order valence-corrected chi connectivity index (χ3v) is 3.97. The first-order valence-corrected chi connectivity index (χ1v) is 7.64. The molecule has 1 amide bonds. The van der Waals surface area contributed by atoms with Crippen molar-refractivity contribution in [3.8, 4) is 17.6 Å². The Morgan fingerprint density at radius 3 is 2.25 bits per heavy atom. The lowest BCUT2D eigenvalue weighted by Crippen LogP contribution is -2.46. The van der Waals surface area contributed by atoms with Gasteiger partial charge in [-0.2, -0.15) is 5.26 Å². The van der Waals surface area contributed by atoms with Crippen molar-refractivity contribution in [3.05, 3.63) is 23.8 Å². The normalized spacial score (nSPS) is 15.2. The summed E-state index contributed by atoms with van der Waals surface area (Å²) in [4.78, 5) is 24.0. The molecule has 1 N–H and O–H groups in total. The van der Waals surface area contributed by atoms with Crippen LogP contribution in [0.1, 0.15) is 36.0 Å². The first kappa shape index (κ1) is 17.6. The molecular formula is C17H20N2O5. The van der Waals surface area contributed by atoms with Crippen LogP contribution in [0.25, 0.3) is 0 Å². The van der Waals surface area contributed by atoms with E-state index in [9.17, 15) is 14.9 Å². The monoisotopic (exact) mass is 332 g/mol. The van der Waals surface area contributed by atoms with E-state index in [2.05, 4.69) is 11.4 Å². The van der Waals surface area contributed by atoms with E-state index in [-0.39, 0.29) is 5.56 Å². The summed E-state index contributed by atoms with van der Waals surface area (Å²) in [7, 11) is 2.94. The molecule has 1 aromatic rings. The van der Waals surface area contributed by atoms with Crippen LogP contribution in [0.4, 0.5) is 0 Å². The smallest absolute Gasteiger partial charge is 0.338 e. The van der Waals surface area contributed by atoms with Crippen LogP contribution < -0.4 is 14.8 Å². The Balaban J connectivity index is 1.95. The molecule has 1 aromatic carbocycles. The highest BCUT2D eigenvalue weighted by Crippen LogP contribution is 2.28. The third kappa shape index (κ3) is 4.16. The van der Waals surface area contributed by atoms with Gasteiger partial charge in [0.05, 0.1) is 25.9 Å². The van der Waals surface area contributed by atoms with Gasteiger partial charge in [0.25, 0.3) is 5.91 Å². The zero-order valence-corrected chi connectivity index (χ0v) is 13.8. The lowest BCUT2D eigenvalue weighted by Gasteiger charge is -2.21. The molecular weight excluding hydrogens is 312 g/mol. The van der Waals surface area contributed by atoms with E-state index in [1.54, 1.807) is 6.07 Å². The van der Waals surface area contributed by atoms with Crippen LogP contribution in [0.3, 0.4) is 0 Å². The summed E-state index contributed by atoms with van der Waals surface area (Å²) in [6.45, 7) is -0.443. The number of nitrogens with zero attached hydrogens (tertiary/aromatic N) is 1. The van der Waals surface area contributed by atoms with Crippen LogP contribution in [-0.2, 0) is 9.53 Å². The van der Waals surface area contributed by atoms with E-state index in [1.807, 2.05) is 0 Å². The van der Waals surface area contributed by atoms with Crippen LogP contribution in [0.2, 0.25) is 0 Å². The van der Waals surface area contributed by atoms with E-state index in [1.165, 1.54) is 26.4 Å². The number of nitriles is 1. The Kier molecular flexibility index (Phi) is 5.64. The van der Waals surface area contributed by atoms with Crippen molar-refractivity contribution in [1.82, 2.24) is 5.32 Å². The van der Waals surface area contributed by atoms with E-state index in [0.717, 1.165) is 12.8 Å². The molecule has 0 atom stereocenters. The van der Waals surface area contributed by atoms with Crippen LogP contribution in [-0.4, -0.2) is 38.2 Å². The highest BCUT2D eigenvalue weighted by molar-refractivity contribution is 5.92. The second-order valence-corrected chi connectivity index (χ2v) is 5.63. The number of ether oxygens (including phenoxy) is 3. The van der Waals surface area contributed by atoms with Gasteiger partial charge in [-0.25, -0.2) is 4.79 Å². The maximum atomic E-state index is 12.1. The number of rotatable bonds is 6. The predicted octanol–water partition coefficient (Wildman–Crippen LogP) is 1.81. The van der Waals surface area contributed by atoms with Crippen molar-refractivity contribution >= 4 is 11.9 Å². The number of methoxy groups -OCH3 is 2. The summed E-state index contributed by atoms with van der Waals surface area (Å²) in [5.41, 5.74) is -0.613. The lowest BCUT2D eigenvalue weighted by atomic mass is 10.00. The minimum Gasteiger partial charge on any atom is -0.497 e. The molecule has 1 fully saturated rings. The van der Waals surface area contributed by atoms with Crippen LogP contribution in [0.15, 0.2) is 18.2 Å². The van der Waals surface area contributed by atoms with Crippen molar-refractivity contribution in [2.75, 3.05) is 20.8 Å². The molecule has 7 heteroatoms. The Morgan fingerprint density at radius 2 is 1.75 bits per heavy atom. The second kappa shape index (κ2) is 7.68. The summed E-state index contributed by atoms with van der Waals surface area (Å²) in [5, 5.41) is 11.9. The van der Waals surface area contributed by atoms with Gasteiger partial charge in [0.15, 0.2) is 6.61 Å². The average Bonchev–Trinajstić information content (AvgIpc) is 3.08. The first-order chi connectivity index (χ1) is 11.5. The van der Waals surface area contributed by atoms with Crippen molar-refractivity contribution in [2.45, 2.75) is 31.2 Å². The predicted molar refractivity (Wildman–Crippen MR) is 84.8 cm³/mol. The van der Waals surface area contributed by atoms with Gasteiger partial charge in [0.1, 0.15) is 17.0 Å². The summed E-state index contributed by atoms with van der Waals surface area (Å²) in [6, 6.07) is 6.77. The van der Waals surface area contributed by atoms with E-state index in [0.29, 0.717) is 24.3 Å². The third-order valence-electron chi connectivity index (χ3n) is 3.97. The first-order valence-electron chi connectivity index (χ1n) is 7.64. The maximum absolute atomic E-state index is 12.1. The van der Waals surface area contributed by atoms with Gasteiger partial charge in [-0.05, 0) is 37.8 Å². The van der Waals surface area contributed by atoms with Gasteiger partial charge >= 0.3 is 5.97 Å². The van der Waals surface area contributed by atoms with E-state index in [4.69, 9.17) is 14.2 Å². The van der Waals surface area contributed by atoms with Crippen molar-refractivity contribution < 1.29 is 23.8 Å². The molecule has 0 aromatic heterocycles. The fraction of sp³-hybridized carbons (Fsp3) is 0.471. The van der Waals surface area contributed by atoms with Crippen LogP contribution in [0.5, 0.6) is 11.5 Å². The van der Waals surface area contributed by atoms with Gasteiger partial charge in [-0.15, -0.1) is 0 Å². The molecule has 0 radical (unpaired) electrons. The van der Waals surface area contributed by atoms with Gasteiger partial charge in [0.2, 0.25) is 0 Å². The number of carbonyl (C=O) groups excluding carboxylic acids is 2. The van der Waals surface area contributed by atoms with E-state index >= 15 is 0 Å². The lowest BCUT2D eigenvalue weighted by molar-refractivity contribution is -0.125. The van der Waals surface area contributed by atoms with Gasteiger partial charge in [-0.3, -0.25) is 4.79 Å². The molecule has 7 nitrogen and oxygen atoms in total. The molecule has 0 unspecified atom stereocenters. The number of hydrogen-bond acceptors (Lipinski definition) is 6. The molecule has 0 spiro atoms. The molecule has 24 heavy (non-hydrogen) atoms. The van der Waals surface area contributed by atoms with Gasteiger partial charge < -0.3 is 19.5 Å². The summed E-state index contributed by atoms with van der Waals surface area (Å²) in [6.07, 6.45) is 3.04. The molecule has 0 aliphatic heterocycles. The van der Waals surface area contributed by atoms with Crippen LogP contribution in [0, 0.1) is 11.3 Å². The molecule has 0 bridgehead atoms. The SMILES string of the molecule is COc1cc(OC)cc(C(=O)OCC(=O)NC2(C#N)CCCC2)c1. The Labute approximate surface area is 140 Å². The maximum Gasteiger partial charge on any atom is 0.338 e. The summed E-state index contributed by atoms with van der Waals surface area (Å²) >= 11 is 0. The fourth-order valence-electron chi connectivity index (χ4n) is 2.69. The minimum absolute atomic E-state index is 0.217. The number of benzene rings is 1. The fourth-order valence-corrected chi connectivity index (χ4v) is 2.69. The van der Waals surface area contributed by atoms with Crippen molar-refractivity contribution in [3.63, 3.8) is 0 Å². The standard InChI is InChI=1S/C17H20N2O5/c1-22-13-7-12(8-14(9-13)23-2)16(21)24-10-15(20)19-17(11-18)5-3-4-6-17/h7-9H,3-6,10H2,1-2H3,(H,19,20). The molecule has 0 heterocycles. The molecule has 1 aliphatic carbocycles. The topological polar surface area (TPSA) is 97.7 Å². The Bertz CT molecular complexity index is 637. The van der Waals surface area contributed by atoms with Crippen LogP contribution >= 0.6 is 0 Å². The number of esters is 1. The average molecular weight is 332 g/mol. The van der Waals surface area contributed by atoms with E-state index < -0.39 is 24.0 Å². The van der Waals surface area contributed by atoms with Crippen molar-refractivity contribution in [2.24, 2.45) is 0 Å². The number of nitrogens with one attached hydrogen (secondary N) is 1. The second-order valence-electron chi connectivity index (χ2n) is 5.63. The molecule has 2 rings (SSSR count). The quantitative estimate of drug-likeness (QED) is 0.798. The Morgan fingerprint density at radius 1 is 1.17 bits per heavy atom. The number of amides is 1. The molecule has 128 valence electrons. The Hall–Kier alpha value is -2.75. The van der Waals surface area contributed by atoms with Crippen molar-refractivity contribution in [1.29, 1.82) is 5.26 Å². The largest absolute Gasteiger partial charge is 0.497 e. The highest BCUT2D eigenvalue weighted by atomic mass is 16.5. The highest BCUT2D eigenvalue weighted by Gasteiger charge is 2.35.